The molecule has 0 saturated carbocycles. The number of halogens is 2. The van der Waals surface area contributed by atoms with Crippen molar-refractivity contribution in [1.29, 1.82) is 0 Å². The van der Waals surface area contributed by atoms with Gasteiger partial charge in [-0.2, -0.15) is 0 Å². The summed E-state index contributed by atoms with van der Waals surface area (Å²) in [5.41, 5.74) is 5.80. The van der Waals surface area contributed by atoms with Crippen molar-refractivity contribution in [3.8, 4) is 5.75 Å². The molecule has 1 amide bonds. The van der Waals surface area contributed by atoms with E-state index in [1.165, 1.54) is 6.07 Å². The first-order valence-corrected chi connectivity index (χ1v) is 7.70. The van der Waals surface area contributed by atoms with Crippen LogP contribution < -0.4 is 20.9 Å². The van der Waals surface area contributed by atoms with Crippen molar-refractivity contribution < 1.29 is 9.53 Å². The zero-order chi connectivity index (χ0) is 16.7. The van der Waals surface area contributed by atoms with Crippen LogP contribution in [-0.2, 0) is 4.79 Å². The Balaban J connectivity index is 1.73. The summed E-state index contributed by atoms with van der Waals surface area (Å²) >= 11 is 16.8. The van der Waals surface area contributed by atoms with E-state index in [1.54, 1.807) is 12.1 Å². The molecule has 0 fully saturated rings. The minimum absolute atomic E-state index is 0.220. The van der Waals surface area contributed by atoms with Gasteiger partial charge in [-0.05, 0) is 42.5 Å². The molecular weight excluding hydrogens is 357 g/mol. The molecule has 0 aliphatic carbocycles. The maximum Gasteiger partial charge on any atom is 0.276 e. The summed E-state index contributed by atoms with van der Waals surface area (Å²) in [5, 5.41) is 4.00. The monoisotopic (exact) mass is 369 g/mol. The molecule has 0 heterocycles. The number of thiocarbonyl (C=S) groups is 1. The number of hydrazine groups is 1. The Bertz CT molecular complexity index is 698. The molecule has 0 unspecified atom stereocenters. The topological polar surface area (TPSA) is 62.4 Å². The number of carbonyl (C=O) groups excluding carboxylic acids is 1. The van der Waals surface area contributed by atoms with Gasteiger partial charge >= 0.3 is 0 Å². The fourth-order valence-electron chi connectivity index (χ4n) is 1.58. The predicted octanol–water partition coefficient (Wildman–Crippen LogP) is 3.39. The Kier molecular flexibility index (Phi) is 6.46. The molecule has 2 aromatic carbocycles. The lowest BCUT2D eigenvalue weighted by atomic mass is 10.3. The van der Waals surface area contributed by atoms with E-state index in [9.17, 15) is 4.79 Å². The van der Waals surface area contributed by atoms with Gasteiger partial charge in [0, 0.05) is 10.7 Å². The van der Waals surface area contributed by atoms with E-state index in [-0.39, 0.29) is 11.7 Å². The Labute approximate surface area is 148 Å². The molecule has 0 atom stereocenters. The number of carbonyl (C=O) groups is 1. The van der Waals surface area contributed by atoms with Gasteiger partial charge in [-0.25, -0.2) is 0 Å². The van der Waals surface area contributed by atoms with Gasteiger partial charge in [0.2, 0.25) is 0 Å². The smallest absolute Gasteiger partial charge is 0.276 e. The van der Waals surface area contributed by atoms with Crippen LogP contribution in [0.5, 0.6) is 5.75 Å². The quantitative estimate of drug-likeness (QED) is 0.569. The van der Waals surface area contributed by atoms with E-state index in [0.717, 1.165) is 5.69 Å². The average Bonchev–Trinajstić information content (AvgIpc) is 2.53. The summed E-state index contributed by atoms with van der Waals surface area (Å²) in [6.07, 6.45) is 0. The van der Waals surface area contributed by atoms with E-state index in [0.29, 0.717) is 15.8 Å². The lowest BCUT2D eigenvalue weighted by Gasteiger charge is -2.12. The third kappa shape index (κ3) is 5.94. The summed E-state index contributed by atoms with van der Waals surface area (Å²) in [6.45, 7) is -0.220. The number of ether oxygens (including phenoxy) is 1. The minimum atomic E-state index is -0.409. The maximum atomic E-state index is 11.7. The highest BCUT2D eigenvalue weighted by atomic mass is 35.5. The van der Waals surface area contributed by atoms with Gasteiger partial charge in [0.25, 0.3) is 5.91 Å². The van der Waals surface area contributed by atoms with Crippen LogP contribution in [0.1, 0.15) is 0 Å². The van der Waals surface area contributed by atoms with Crippen molar-refractivity contribution in [2.45, 2.75) is 0 Å². The first kappa shape index (κ1) is 17.3. The zero-order valence-electron chi connectivity index (χ0n) is 11.8. The molecule has 5 nitrogen and oxygen atoms in total. The third-order valence-corrected chi connectivity index (χ3v) is 3.33. The maximum absolute atomic E-state index is 11.7. The first-order chi connectivity index (χ1) is 11.0. The lowest BCUT2D eigenvalue weighted by molar-refractivity contribution is -0.123. The Morgan fingerprint density at radius 2 is 1.83 bits per heavy atom. The molecule has 0 aliphatic rings. The van der Waals surface area contributed by atoms with Gasteiger partial charge in [0.05, 0.1) is 5.02 Å². The van der Waals surface area contributed by atoms with Crippen molar-refractivity contribution in [3.05, 3.63) is 58.6 Å². The molecule has 2 rings (SSSR count). The Morgan fingerprint density at radius 3 is 2.52 bits per heavy atom. The number of para-hydroxylation sites is 1. The summed E-state index contributed by atoms with van der Waals surface area (Å²) < 4.78 is 5.30. The molecule has 0 spiro atoms. The van der Waals surface area contributed by atoms with Gasteiger partial charge in [-0.3, -0.25) is 15.6 Å². The van der Waals surface area contributed by atoms with Gasteiger partial charge in [-0.15, -0.1) is 0 Å². The Hall–Kier alpha value is -2.02. The van der Waals surface area contributed by atoms with Crippen LogP contribution in [0.25, 0.3) is 0 Å². The van der Waals surface area contributed by atoms with E-state index in [1.807, 2.05) is 30.3 Å². The number of benzene rings is 2. The average molecular weight is 370 g/mol. The SMILES string of the molecule is O=C(COc1ccc(Cl)cc1Cl)NNC(=S)Nc1ccccc1. The molecule has 0 aromatic heterocycles. The molecule has 0 saturated heterocycles. The number of nitrogens with one attached hydrogen (secondary N) is 3. The van der Waals surface area contributed by atoms with Crippen molar-refractivity contribution in [2.75, 3.05) is 11.9 Å². The highest BCUT2D eigenvalue weighted by Crippen LogP contribution is 2.27. The van der Waals surface area contributed by atoms with Gasteiger partial charge < -0.3 is 10.1 Å². The molecule has 8 heteroatoms. The predicted molar refractivity (Wildman–Crippen MR) is 95.9 cm³/mol. The van der Waals surface area contributed by atoms with Crippen LogP contribution in [0.4, 0.5) is 5.69 Å². The molecular formula is C15H13Cl2N3O2S. The van der Waals surface area contributed by atoms with Crippen LogP contribution >= 0.6 is 35.4 Å². The second-order valence-corrected chi connectivity index (χ2v) is 5.61. The summed E-state index contributed by atoms with van der Waals surface area (Å²) in [6, 6.07) is 14.1. The van der Waals surface area contributed by atoms with E-state index < -0.39 is 5.91 Å². The van der Waals surface area contributed by atoms with E-state index >= 15 is 0 Å². The number of anilines is 1. The molecule has 120 valence electrons. The van der Waals surface area contributed by atoms with Crippen LogP contribution in [-0.4, -0.2) is 17.6 Å². The second kappa shape index (κ2) is 8.57. The van der Waals surface area contributed by atoms with Gasteiger partial charge in [0.15, 0.2) is 11.7 Å². The first-order valence-electron chi connectivity index (χ1n) is 6.53. The molecule has 23 heavy (non-hydrogen) atoms. The molecule has 2 aromatic rings. The van der Waals surface area contributed by atoms with E-state index in [4.69, 9.17) is 40.2 Å². The van der Waals surface area contributed by atoms with Crippen molar-refractivity contribution >= 4 is 52.1 Å². The molecule has 0 radical (unpaired) electrons. The van der Waals surface area contributed by atoms with Gasteiger partial charge in [0.1, 0.15) is 5.75 Å². The van der Waals surface area contributed by atoms with Crippen molar-refractivity contribution in [1.82, 2.24) is 10.9 Å². The van der Waals surface area contributed by atoms with Crippen LogP contribution in [0.3, 0.4) is 0 Å². The fraction of sp³-hybridized carbons (Fsp3) is 0.0667. The van der Waals surface area contributed by atoms with Crippen molar-refractivity contribution in [3.63, 3.8) is 0 Å². The van der Waals surface area contributed by atoms with Crippen LogP contribution in [0.15, 0.2) is 48.5 Å². The summed E-state index contributed by atoms with van der Waals surface area (Å²) in [5.74, 6) is -0.0376. The lowest BCUT2D eigenvalue weighted by Crippen LogP contribution is -2.45. The molecule has 0 aliphatic heterocycles. The standard InChI is InChI=1S/C15H13Cl2N3O2S/c16-10-6-7-13(12(17)8-10)22-9-14(21)19-20-15(23)18-11-4-2-1-3-5-11/h1-8H,9H2,(H,19,21)(H2,18,20,23). The highest BCUT2D eigenvalue weighted by Gasteiger charge is 2.07. The van der Waals surface area contributed by atoms with E-state index in [2.05, 4.69) is 16.2 Å². The van der Waals surface area contributed by atoms with Crippen LogP contribution in [0.2, 0.25) is 10.0 Å². The summed E-state index contributed by atoms with van der Waals surface area (Å²) in [7, 11) is 0. The normalized spacial score (nSPS) is 9.83. The number of rotatable bonds is 4. The number of amides is 1. The molecule has 0 bridgehead atoms. The number of hydrogen-bond donors (Lipinski definition) is 3. The third-order valence-electron chi connectivity index (χ3n) is 2.60. The largest absolute Gasteiger partial charge is 0.482 e. The second-order valence-electron chi connectivity index (χ2n) is 4.36. The highest BCUT2D eigenvalue weighted by molar-refractivity contribution is 7.80. The number of hydrogen-bond acceptors (Lipinski definition) is 3. The molecule has 3 N–H and O–H groups in total. The zero-order valence-corrected chi connectivity index (χ0v) is 14.1. The van der Waals surface area contributed by atoms with Crippen molar-refractivity contribution in [2.24, 2.45) is 0 Å². The minimum Gasteiger partial charge on any atom is -0.482 e. The summed E-state index contributed by atoms with van der Waals surface area (Å²) in [4.78, 5) is 11.7. The van der Waals surface area contributed by atoms with Crippen LogP contribution in [0, 0.1) is 0 Å². The Morgan fingerprint density at radius 1 is 1.09 bits per heavy atom. The van der Waals surface area contributed by atoms with Gasteiger partial charge in [-0.1, -0.05) is 41.4 Å². The fourth-order valence-corrected chi connectivity index (χ4v) is 2.21.